The van der Waals surface area contributed by atoms with Crippen LogP contribution in [-0.4, -0.2) is 43.1 Å². The van der Waals surface area contributed by atoms with E-state index in [1.165, 1.54) is 7.11 Å². The first kappa shape index (κ1) is 29.9. The van der Waals surface area contributed by atoms with E-state index in [1.54, 1.807) is 12.1 Å². The average molecular weight is 591 g/mol. The molecule has 0 atom stereocenters. The fourth-order valence-corrected chi connectivity index (χ4v) is 6.86. The van der Waals surface area contributed by atoms with Crippen molar-refractivity contribution < 1.29 is 23.9 Å². The van der Waals surface area contributed by atoms with Gasteiger partial charge in [0.25, 0.3) is 5.91 Å². The van der Waals surface area contributed by atoms with Gasteiger partial charge in [0.1, 0.15) is 0 Å². The van der Waals surface area contributed by atoms with Crippen molar-refractivity contribution in [3.05, 3.63) is 75.1 Å². The molecule has 0 unspecified atom stereocenters. The van der Waals surface area contributed by atoms with Gasteiger partial charge < -0.3 is 19.7 Å². The normalized spacial score (nSPS) is 19.9. The minimum absolute atomic E-state index is 0.0468. The Labute approximate surface area is 252 Å². The summed E-state index contributed by atoms with van der Waals surface area (Å²) in [4.78, 5) is 42.3. The number of anilines is 1. The number of carbonyl (C=O) groups excluding carboxylic acids is 3. The van der Waals surface area contributed by atoms with Crippen LogP contribution in [0.1, 0.15) is 70.4 Å². The lowest BCUT2D eigenvalue weighted by Gasteiger charge is -2.48. The van der Waals surface area contributed by atoms with Crippen molar-refractivity contribution in [2.24, 2.45) is 10.8 Å². The lowest BCUT2D eigenvalue weighted by Crippen LogP contribution is -2.43. The van der Waals surface area contributed by atoms with E-state index in [2.05, 4.69) is 37.9 Å². The molecule has 0 bridgehead atoms. The highest BCUT2D eigenvalue weighted by Gasteiger charge is 2.48. The zero-order chi connectivity index (χ0) is 30.6. The van der Waals surface area contributed by atoms with E-state index < -0.39 is 5.92 Å². The van der Waals surface area contributed by atoms with Gasteiger partial charge in [0, 0.05) is 54.0 Å². The van der Waals surface area contributed by atoms with Gasteiger partial charge in [-0.1, -0.05) is 57.5 Å². The quantitative estimate of drug-likeness (QED) is 0.390. The maximum absolute atomic E-state index is 13.8. The van der Waals surface area contributed by atoms with Crippen molar-refractivity contribution >= 4 is 34.8 Å². The molecule has 3 aliphatic rings. The Morgan fingerprint density at radius 2 is 1.55 bits per heavy atom. The standard InChI is InChI=1S/C34H39ClN2O5/c1-19-10-8-9-11-22(19)36-28(40)18-42-32-21(35)12-20(13-27(32)41-7)29-30-23(14-33(2,3)16-25(30)38)37(6)24-15-34(4,5)17-26(39)31(24)29/h8-13,29H,14-18H2,1-7H3,(H,36,40). The van der Waals surface area contributed by atoms with Crippen LogP contribution in [0.4, 0.5) is 5.69 Å². The van der Waals surface area contributed by atoms with Crippen LogP contribution in [0.25, 0.3) is 0 Å². The van der Waals surface area contributed by atoms with E-state index in [4.69, 9.17) is 21.1 Å². The highest BCUT2D eigenvalue weighted by Crippen LogP contribution is 2.55. The summed E-state index contributed by atoms with van der Waals surface area (Å²) in [6.45, 7) is 10.1. The number of aryl methyl sites for hydroxylation is 1. The molecule has 0 radical (unpaired) electrons. The molecule has 0 spiro atoms. The highest BCUT2D eigenvalue weighted by molar-refractivity contribution is 6.32. The van der Waals surface area contributed by atoms with E-state index in [9.17, 15) is 14.4 Å². The van der Waals surface area contributed by atoms with Gasteiger partial charge in [0.15, 0.2) is 29.7 Å². The van der Waals surface area contributed by atoms with Gasteiger partial charge in [0.2, 0.25) is 0 Å². The smallest absolute Gasteiger partial charge is 0.262 e. The van der Waals surface area contributed by atoms with Gasteiger partial charge in [-0.15, -0.1) is 0 Å². The Morgan fingerprint density at radius 1 is 0.976 bits per heavy atom. The molecule has 1 N–H and O–H groups in total. The third-order valence-electron chi connectivity index (χ3n) is 8.53. The molecule has 1 aliphatic heterocycles. The number of nitrogens with zero attached hydrogens (tertiary/aromatic N) is 1. The molecule has 0 saturated carbocycles. The zero-order valence-electron chi connectivity index (χ0n) is 25.4. The molecular weight excluding hydrogens is 552 g/mol. The third-order valence-corrected chi connectivity index (χ3v) is 8.81. The van der Waals surface area contributed by atoms with Crippen molar-refractivity contribution in [3.8, 4) is 11.5 Å². The largest absolute Gasteiger partial charge is 0.493 e. The molecule has 2 aromatic rings. The summed E-state index contributed by atoms with van der Waals surface area (Å²) >= 11 is 6.79. The number of carbonyl (C=O) groups is 3. The van der Waals surface area contributed by atoms with Crippen LogP contribution < -0.4 is 14.8 Å². The lowest BCUT2D eigenvalue weighted by molar-refractivity contribution is -0.120. The number of halogens is 1. The zero-order valence-corrected chi connectivity index (χ0v) is 26.2. The van der Waals surface area contributed by atoms with Gasteiger partial charge in [-0.2, -0.15) is 0 Å². The topological polar surface area (TPSA) is 84.9 Å². The molecule has 7 nitrogen and oxygen atoms in total. The van der Waals surface area contributed by atoms with E-state index in [0.29, 0.717) is 41.0 Å². The lowest BCUT2D eigenvalue weighted by atomic mass is 9.63. The predicted molar refractivity (Wildman–Crippen MR) is 164 cm³/mol. The SMILES string of the molecule is COc1cc(C2C3=C(CC(C)(C)CC3=O)N(C)C3=C2C(=O)CC(C)(C)C3)cc(Cl)c1OCC(=O)Nc1ccccc1C. The molecule has 222 valence electrons. The highest BCUT2D eigenvalue weighted by atomic mass is 35.5. The fourth-order valence-electron chi connectivity index (χ4n) is 6.58. The maximum Gasteiger partial charge on any atom is 0.262 e. The number of Topliss-reactive ketones (excluding diaryl/α,β-unsaturated/α-hetero) is 2. The van der Waals surface area contributed by atoms with Crippen LogP contribution in [0.15, 0.2) is 58.9 Å². The summed E-state index contributed by atoms with van der Waals surface area (Å²) in [5, 5.41) is 3.09. The second-order valence-corrected chi connectivity index (χ2v) is 13.7. The Kier molecular flexibility index (Phi) is 7.77. The van der Waals surface area contributed by atoms with Crippen LogP contribution in [0, 0.1) is 17.8 Å². The molecule has 42 heavy (non-hydrogen) atoms. The van der Waals surface area contributed by atoms with Crippen LogP contribution in [0.2, 0.25) is 5.02 Å². The summed E-state index contributed by atoms with van der Waals surface area (Å²) in [6, 6.07) is 11.0. The molecule has 5 rings (SSSR count). The number of para-hydroxylation sites is 1. The minimum Gasteiger partial charge on any atom is -0.493 e. The summed E-state index contributed by atoms with van der Waals surface area (Å²) in [5.74, 6) is -0.236. The molecule has 2 aromatic carbocycles. The Hall–Kier alpha value is -3.58. The second kappa shape index (κ2) is 10.9. The van der Waals surface area contributed by atoms with Crippen LogP contribution >= 0.6 is 11.6 Å². The summed E-state index contributed by atoms with van der Waals surface area (Å²) < 4.78 is 11.6. The number of ketones is 2. The van der Waals surface area contributed by atoms with Gasteiger partial charge >= 0.3 is 0 Å². The number of hydrogen-bond donors (Lipinski definition) is 1. The summed E-state index contributed by atoms with van der Waals surface area (Å²) in [6.07, 6.45) is 2.27. The number of allylic oxidation sites excluding steroid dienone is 4. The van der Waals surface area contributed by atoms with E-state index in [1.807, 2.05) is 38.2 Å². The van der Waals surface area contributed by atoms with E-state index in [-0.39, 0.29) is 45.7 Å². The molecule has 0 fully saturated rings. The number of nitrogens with one attached hydrogen (secondary N) is 1. The van der Waals surface area contributed by atoms with Gasteiger partial charge in [-0.05, 0) is 59.9 Å². The van der Waals surface area contributed by atoms with E-state index in [0.717, 1.165) is 29.8 Å². The van der Waals surface area contributed by atoms with Crippen molar-refractivity contribution in [2.45, 2.75) is 66.2 Å². The predicted octanol–water partition coefficient (Wildman–Crippen LogP) is 6.99. The molecule has 0 saturated heterocycles. The maximum atomic E-state index is 13.8. The molecule has 2 aliphatic carbocycles. The van der Waals surface area contributed by atoms with Crippen LogP contribution in [0.3, 0.4) is 0 Å². The molecule has 8 heteroatoms. The van der Waals surface area contributed by atoms with Gasteiger partial charge in [-0.3, -0.25) is 14.4 Å². The summed E-state index contributed by atoms with van der Waals surface area (Å²) in [7, 11) is 3.49. The first-order valence-electron chi connectivity index (χ1n) is 14.3. The number of benzene rings is 2. The van der Waals surface area contributed by atoms with E-state index >= 15 is 0 Å². The summed E-state index contributed by atoms with van der Waals surface area (Å²) in [5.41, 5.74) is 5.22. The number of ether oxygens (including phenoxy) is 2. The number of hydrogen-bond acceptors (Lipinski definition) is 6. The molecule has 1 heterocycles. The van der Waals surface area contributed by atoms with Gasteiger partial charge in [-0.25, -0.2) is 0 Å². The van der Waals surface area contributed by atoms with Crippen LogP contribution in [0.5, 0.6) is 11.5 Å². The Morgan fingerprint density at radius 3 is 2.10 bits per heavy atom. The van der Waals surface area contributed by atoms with Gasteiger partial charge in [0.05, 0.1) is 12.1 Å². The Bertz CT molecular complexity index is 1500. The second-order valence-electron chi connectivity index (χ2n) is 13.3. The Balaban J connectivity index is 1.54. The molecule has 1 amide bonds. The first-order valence-corrected chi connectivity index (χ1v) is 14.7. The number of methoxy groups -OCH3 is 1. The van der Waals surface area contributed by atoms with Crippen molar-refractivity contribution in [1.82, 2.24) is 4.90 Å². The average Bonchev–Trinajstić information content (AvgIpc) is 2.89. The third kappa shape index (κ3) is 5.59. The molecule has 0 aromatic heterocycles. The van der Waals surface area contributed by atoms with Crippen molar-refractivity contribution in [2.75, 3.05) is 26.1 Å². The number of rotatable bonds is 6. The molecular formula is C34H39ClN2O5. The minimum atomic E-state index is -0.553. The number of amides is 1. The monoisotopic (exact) mass is 590 g/mol. The van der Waals surface area contributed by atoms with Crippen molar-refractivity contribution in [1.29, 1.82) is 0 Å². The van der Waals surface area contributed by atoms with Crippen molar-refractivity contribution in [3.63, 3.8) is 0 Å². The van der Waals surface area contributed by atoms with Crippen LogP contribution in [-0.2, 0) is 14.4 Å². The fraction of sp³-hybridized carbons (Fsp3) is 0.441. The first-order chi connectivity index (χ1) is 19.7.